The fourth-order valence-electron chi connectivity index (χ4n) is 1.63. The quantitative estimate of drug-likeness (QED) is 0.506. The van der Waals surface area contributed by atoms with E-state index in [1.807, 2.05) is 30.3 Å². The molecule has 0 unspecified atom stereocenters. The van der Waals surface area contributed by atoms with Crippen molar-refractivity contribution in [3.63, 3.8) is 0 Å². The van der Waals surface area contributed by atoms with Crippen LogP contribution in [0.1, 0.15) is 12.2 Å². The molecule has 1 aromatic carbocycles. The molecule has 0 bridgehead atoms. The van der Waals surface area contributed by atoms with Gasteiger partial charge in [-0.3, -0.25) is 10.2 Å². The summed E-state index contributed by atoms with van der Waals surface area (Å²) in [6.07, 6.45) is 0.805. The maximum atomic E-state index is 11.0. The van der Waals surface area contributed by atoms with E-state index in [0.29, 0.717) is 23.6 Å². The molecular weight excluding hydrogens is 252 g/mol. The largest absolute Gasteiger partial charge is 0.461 e. The summed E-state index contributed by atoms with van der Waals surface area (Å²) in [6, 6.07) is 11.1. The Hall–Kier alpha value is -1.78. The van der Waals surface area contributed by atoms with Crippen LogP contribution >= 0.6 is 11.6 Å². The minimum Gasteiger partial charge on any atom is -0.461 e. The summed E-state index contributed by atoms with van der Waals surface area (Å²) in [6.45, 7) is 0. The van der Waals surface area contributed by atoms with Crippen molar-refractivity contribution in [2.75, 3.05) is 0 Å². The van der Waals surface area contributed by atoms with E-state index in [2.05, 4.69) is 5.43 Å². The lowest BCUT2D eigenvalue weighted by molar-refractivity contribution is -0.121. The Morgan fingerprint density at radius 2 is 2.06 bits per heavy atom. The van der Waals surface area contributed by atoms with Crippen LogP contribution in [0, 0.1) is 0 Å². The van der Waals surface area contributed by atoms with Crippen molar-refractivity contribution >= 4 is 17.5 Å². The third-order valence-corrected chi connectivity index (χ3v) is 2.89. The van der Waals surface area contributed by atoms with Crippen molar-refractivity contribution in [3.8, 4) is 11.3 Å². The highest BCUT2D eigenvalue weighted by atomic mass is 35.5. The summed E-state index contributed by atoms with van der Waals surface area (Å²) in [4.78, 5) is 11.0. The van der Waals surface area contributed by atoms with Crippen molar-refractivity contribution in [2.45, 2.75) is 12.8 Å². The van der Waals surface area contributed by atoms with Crippen molar-refractivity contribution < 1.29 is 9.21 Å². The van der Waals surface area contributed by atoms with Crippen LogP contribution in [0.4, 0.5) is 0 Å². The summed E-state index contributed by atoms with van der Waals surface area (Å²) in [5.41, 5.74) is 2.92. The molecule has 0 saturated carbocycles. The van der Waals surface area contributed by atoms with E-state index < -0.39 is 0 Å². The molecule has 0 aliphatic carbocycles. The predicted octanol–water partition coefficient (Wildman–Crippen LogP) is 2.52. The molecule has 0 saturated heterocycles. The van der Waals surface area contributed by atoms with E-state index in [1.165, 1.54) is 0 Å². The fraction of sp³-hybridized carbons (Fsp3) is 0.154. The van der Waals surface area contributed by atoms with Gasteiger partial charge in [0.15, 0.2) is 0 Å². The Morgan fingerprint density at radius 1 is 1.28 bits per heavy atom. The molecule has 0 aliphatic rings. The van der Waals surface area contributed by atoms with E-state index in [0.717, 1.165) is 11.3 Å². The Morgan fingerprint density at radius 3 is 2.78 bits per heavy atom. The molecule has 1 heterocycles. The number of hydrogen-bond donors (Lipinski definition) is 2. The maximum Gasteiger partial charge on any atom is 0.234 e. The summed E-state index contributed by atoms with van der Waals surface area (Å²) in [5.74, 6) is 6.22. The Labute approximate surface area is 110 Å². The zero-order valence-electron chi connectivity index (χ0n) is 9.65. The van der Waals surface area contributed by atoms with Crippen LogP contribution in [-0.4, -0.2) is 5.91 Å². The van der Waals surface area contributed by atoms with Crippen molar-refractivity contribution in [1.82, 2.24) is 5.43 Å². The Balaban J connectivity index is 2.11. The molecule has 0 aliphatic heterocycles. The fourth-order valence-corrected chi connectivity index (χ4v) is 1.86. The first-order valence-electron chi connectivity index (χ1n) is 5.54. The summed E-state index contributed by atoms with van der Waals surface area (Å²) < 4.78 is 5.64. The highest BCUT2D eigenvalue weighted by Crippen LogP contribution is 2.29. The smallest absolute Gasteiger partial charge is 0.234 e. The van der Waals surface area contributed by atoms with Gasteiger partial charge in [-0.15, -0.1) is 0 Å². The number of hydrogen-bond acceptors (Lipinski definition) is 3. The molecule has 0 fully saturated rings. The van der Waals surface area contributed by atoms with Gasteiger partial charge in [-0.2, -0.15) is 0 Å². The van der Waals surface area contributed by atoms with Crippen LogP contribution in [-0.2, 0) is 11.2 Å². The van der Waals surface area contributed by atoms with Gasteiger partial charge in [-0.1, -0.05) is 23.7 Å². The van der Waals surface area contributed by atoms with Gasteiger partial charge in [0.25, 0.3) is 0 Å². The summed E-state index contributed by atoms with van der Waals surface area (Å²) >= 11 is 6.08. The van der Waals surface area contributed by atoms with Crippen LogP contribution in [0.5, 0.6) is 0 Å². The standard InChI is InChI=1S/C13H13ClN2O2/c14-11-4-2-1-3-10(11)12-7-5-9(18-12)6-8-13(17)16-15/h1-5,7H,6,8,15H2,(H,16,17). The first-order chi connectivity index (χ1) is 8.70. The number of halogens is 1. The second kappa shape index (κ2) is 5.71. The zero-order chi connectivity index (χ0) is 13.0. The van der Waals surface area contributed by atoms with Gasteiger partial charge < -0.3 is 4.42 Å². The lowest BCUT2D eigenvalue weighted by Crippen LogP contribution is -2.30. The number of rotatable bonds is 4. The van der Waals surface area contributed by atoms with E-state index in [9.17, 15) is 4.79 Å². The summed E-state index contributed by atoms with van der Waals surface area (Å²) in [7, 11) is 0. The van der Waals surface area contributed by atoms with Crippen molar-refractivity contribution in [2.24, 2.45) is 5.84 Å². The molecule has 3 N–H and O–H groups in total. The number of amides is 1. The lowest BCUT2D eigenvalue weighted by atomic mass is 10.2. The van der Waals surface area contributed by atoms with Gasteiger partial charge in [-0.05, 0) is 24.3 Å². The average molecular weight is 265 g/mol. The number of aryl methyl sites for hydroxylation is 1. The zero-order valence-corrected chi connectivity index (χ0v) is 10.4. The molecule has 0 atom stereocenters. The molecule has 94 valence electrons. The molecule has 0 radical (unpaired) electrons. The van der Waals surface area contributed by atoms with E-state index in [4.69, 9.17) is 21.9 Å². The van der Waals surface area contributed by atoms with Gasteiger partial charge in [-0.25, -0.2) is 5.84 Å². The normalized spacial score (nSPS) is 10.3. The first-order valence-corrected chi connectivity index (χ1v) is 5.91. The van der Waals surface area contributed by atoms with Crippen LogP contribution in [0.15, 0.2) is 40.8 Å². The molecule has 2 rings (SSSR count). The van der Waals surface area contributed by atoms with Crippen molar-refractivity contribution in [1.29, 1.82) is 0 Å². The van der Waals surface area contributed by atoms with Crippen LogP contribution in [0.25, 0.3) is 11.3 Å². The lowest BCUT2D eigenvalue weighted by Gasteiger charge is -2.00. The number of nitrogens with two attached hydrogens (primary N) is 1. The number of carbonyl (C=O) groups excluding carboxylic acids is 1. The van der Waals surface area contributed by atoms with Gasteiger partial charge in [0.05, 0.1) is 5.02 Å². The minimum absolute atomic E-state index is 0.217. The molecular formula is C13H13ClN2O2. The maximum absolute atomic E-state index is 11.0. The van der Waals surface area contributed by atoms with E-state index in [-0.39, 0.29) is 5.91 Å². The second-order valence-corrected chi connectivity index (χ2v) is 4.22. The Bertz CT molecular complexity index is 551. The molecule has 1 amide bonds. The number of hydrazine groups is 1. The van der Waals surface area contributed by atoms with Gasteiger partial charge >= 0.3 is 0 Å². The topological polar surface area (TPSA) is 68.3 Å². The monoisotopic (exact) mass is 264 g/mol. The van der Waals surface area contributed by atoms with E-state index >= 15 is 0 Å². The number of carbonyl (C=O) groups is 1. The third kappa shape index (κ3) is 2.91. The van der Waals surface area contributed by atoms with Gasteiger partial charge in [0.2, 0.25) is 5.91 Å². The van der Waals surface area contributed by atoms with Gasteiger partial charge in [0, 0.05) is 18.4 Å². The summed E-state index contributed by atoms with van der Waals surface area (Å²) in [5, 5.41) is 0.637. The van der Waals surface area contributed by atoms with Crippen LogP contribution in [0.2, 0.25) is 5.02 Å². The second-order valence-electron chi connectivity index (χ2n) is 3.81. The van der Waals surface area contributed by atoms with Crippen LogP contribution < -0.4 is 11.3 Å². The molecule has 0 spiro atoms. The third-order valence-electron chi connectivity index (χ3n) is 2.56. The molecule has 4 nitrogen and oxygen atoms in total. The molecule has 1 aromatic heterocycles. The van der Waals surface area contributed by atoms with Crippen LogP contribution in [0.3, 0.4) is 0 Å². The van der Waals surface area contributed by atoms with E-state index in [1.54, 1.807) is 6.07 Å². The number of nitrogens with one attached hydrogen (secondary N) is 1. The highest BCUT2D eigenvalue weighted by molar-refractivity contribution is 6.33. The minimum atomic E-state index is -0.217. The molecule has 5 heteroatoms. The molecule has 18 heavy (non-hydrogen) atoms. The molecule has 2 aromatic rings. The average Bonchev–Trinajstić information content (AvgIpc) is 2.85. The van der Waals surface area contributed by atoms with Gasteiger partial charge in [0.1, 0.15) is 11.5 Å². The Kier molecular flexibility index (Phi) is 4.02. The predicted molar refractivity (Wildman–Crippen MR) is 69.8 cm³/mol. The number of benzene rings is 1. The number of furan rings is 1. The first kappa shape index (κ1) is 12.7. The van der Waals surface area contributed by atoms with Crippen molar-refractivity contribution in [3.05, 3.63) is 47.2 Å². The SMILES string of the molecule is NNC(=O)CCc1ccc(-c2ccccc2Cl)o1. The highest BCUT2D eigenvalue weighted by Gasteiger charge is 2.09.